The van der Waals surface area contributed by atoms with Crippen molar-refractivity contribution in [2.75, 3.05) is 13.1 Å². The fourth-order valence-corrected chi connectivity index (χ4v) is 3.75. The Morgan fingerprint density at radius 3 is 2.48 bits per heavy atom. The highest BCUT2D eigenvalue weighted by atomic mass is 16.4. The number of carbonyl (C=O) groups excluding carboxylic acids is 2. The molecule has 0 bridgehead atoms. The molecule has 1 aliphatic heterocycles. The Bertz CT molecular complexity index is 619. The molecule has 3 rings (SSSR count). The molecule has 0 unspecified atom stereocenters. The first-order chi connectivity index (χ1) is 12.0. The second kappa shape index (κ2) is 7.72. The van der Waals surface area contributed by atoms with Crippen LogP contribution in [0.25, 0.3) is 0 Å². The van der Waals surface area contributed by atoms with Crippen molar-refractivity contribution in [2.24, 2.45) is 11.8 Å². The molecule has 1 saturated heterocycles. The Morgan fingerprint density at radius 2 is 1.84 bits per heavy atom. The number of rotatable bonds is 4. The molecule has 2 N–H and O–H groups in total. The van der Waals surface area contributed by atoms with E-state index in [0.29, 0.717) is 44.5 Å². The predicted molar refractivity (Wildman–Crippen MR) is 88.9 cm³/mol. The molecule has 2 aliphatic rings. The Kier molecular flexibility index (Phi) is 5.40. The molecule has 136 valence electrons. The van der Waals surface area contributed by atoms with Crippen molar-refractivity contribution in [3.8, 4) is 0 Å². The fourth-order valence-electron chi connectivity index (χ4n) is 3.75. The van der Waals surface area contributed by atoms with Gasteiger partial charge in [-0.3, -0.25) is 14.4 Å². The second-order valence-electron chi connectivity index (χ2n) is 6.95. The topological polar surface area (TPSA) is 99.8 Å². The maximum atomic E-state index is 12.4. The Balaban J connectivity index is 1.46. The van der Waals surface area contributed by atoms with E-state index in [4.69, 9.17) is 9.52 Å². The molecule has 0 spiro atoms. The standard InChI is InChI=1S/C18H24N2O5/c21-16(12-3-1-4-13(11-12)18(23)24)19-14-6-8-20(9-7-14)17(22)15-5-2-10-25-15/h2,5,10,12-14H,1,3-4,6-9,11H2,(H,19,21)(H,23,24)/t12-,13+/m1/s1. The van der Waals surface area contributed by atoms with E-state index in [1.807, 2.05) is 0 Å². The van der Waals surface area contributed by atoms with Crippen molar-refractivity contribution in [3.63, 3.8) is 0 Å². The highest BCUT2D eigenvalue weighted by Gasteiger charge is 2.33. The summed E-state index contributed by atoms with van der Waals surface area (Å²) in [6, 6.07) is 3.38. The van der Waals surface area contributed by atoms with Gasteiger partial charge in [-0.1, -0.05) is 6.42 Å². The van der Waals surface area contributed by atoms with Gasteiger partial charge in [-0.2, -0.15) is 0 Å². The number of carboxylic acids is 1. The molecule has 2 amide bonds. The minimum atomic E-state index is -0.803. The first kappa shape index (κ1) is 17.5. The third-order valence-electron chi connectivity index (χ3n) is 5.25. The summed E-state index contributed by atoms with van der Waals surface area (Å²) in [4.78, 5) is 37.5. The number of hydrogen-bond donors (Lipinski definition) is 2. The maximum Gasteiger partial charge on any atom is 0.306 e. The predicted octanol–water partition coefficient (Wildman–Crippen LogP) is 1.89. The van der Waals surface area contributed by atoms with Crippen LogP contribution in [0.15, 0.2) is 22.8 Å². The van der Waals surface area contributed by atoms with Crippen LogP contribution in [-0.4, -0.2) is 46.9 Å². The molecule has 2 fully saturated rings. The number of piperidine rings is 1. The summed E-state index contributed by atoms with van der Waals surface area (Å²) in [6.45, 7) is 1.15. The van der Waals surface area contributed by atoms with Crippen molar-refractivity contribution in [3.05, 3.63) is 24.2 Å². The van der Waals surface area contributed by atoms with Gasteiger partial charge in [-0.05, 0) is 44.2 Å². The SMILES string of the molecule is O=C(O)[C@H]1CCC[C@@H](C(=O)NC2CCN(C(=O)c3ccco3)CC2)C1. The summed E-state index contributed by atoms with van der Waals surface area (Å²) in [5, 5.41) is 12.2. The normalized spacial score (nSPS) is 24.7. The van der Waals surface area contributed by atoms with Gasteiger partial charge in [0.15, 0.2) is 5.76 Å². The van der Waals surface area contributed by atoms with Crippen LogP contribution in [0.2, 0.25) is 0 Å². The summed E-state index contributed by atoms with van der Waals surface area (Å²) in [6.07, 6.45) is 5.51. The minimum absolute atomic E-state index is 0.0400. The van der Waals surface area contributed by atoms with Gasteiger partial charge in [0, 0.05) is 25.0 Å². The number of hydrogen-bond acceptors (Lipinski definition) is 4. The molecular formula is C18H24N2O5. The number of amides is 2. The van der Waals surface area contributed by atoms with E-state index >= 15 is 0 Å². The maximum absolute atomic E-state index is 12.4. The summed E-state index contributed by atoms with van der Waals surface area (Å²) < 4.78 is 5.14. The van der Waals surface area contributed by atoms with Crippen LogP contribution in [0.5, 0.6) is 0 Å². The fraction of sp³-hybridized carbons (Fsp3) is 0.611. The van der Waals surface area contributed by atoms with Gasteiger partial charge in [0.25, 0.3) is 5.91 Å². The smallest absolute Gasteiger partial charge is 0.306 e. The minimum Gasteiger partial charge on any atom is -0.481 e. The van der Waals surface area contributed by atoms with Crippen LogP contribution in [0, 0.1) is 11.8 Å². The number of nitrogens with zero attached hydrogens (tertiary/aromatic N) is 1. The average molecular weight is 348 g/mol. The highest BCUT2D eigenvalue weighted by Crippen LogP contribution is 2.29. The molecule has 25 heavy (non-hydrogen) atoms. The molecule has 1 saturated carbocycles. The first-order valence-corrected chi connectivity index (χ1v) is 8.90. The third-order valence-corrected chi connectivity index (χ3v) is 5.25. The summed E-state index contributed by atoms with van der Waals surface area (Å²) in [5.74, 6) is -1.24. The van der Waals surface area contributed by atoms with E-state index in [2.05, 4.69) is 5.32 Å². The van der Waals surface area contributed by atoms with Crippen molar-refractivity contribution in [2.45, 2.75) is 44.6 Å². The summed E-state index contributed by atoms with van der Waals surface area (Å²) >= 11 is 0. The van der Waals surface area contributed by atoms with Gasteiger partial charge < -0.3 is 19.7 Å². The molecular weight excluding hydrogens is 324 g/mol. The van der Waals surface area contributed by atoms with E-state index in [9.17, 15) is 14.4 Å². The lowest BCUT2D eigenvalue weighted by Gasteiger charge is -2.33. The number of nitrogens with one attached hydrogen (secondary N) is 1. The van der Waals surface area contributed by atoms with Crippen LogP contribution in [0.3, 0.4) is 0 Å². The molecule has 7 nitrogen and oxygen atoms in total. The van der Waals surface area contributed by atoms with Crippen LogP contribution < -0.4 is 5.32 Å². The van der Waals surface area contributed by atoms with E-state index in [-0.39, 0.29) is 23.8 Å². The van der Waals surface area contributed by atoms with Crippen LogP contribution in [0.1, 0.15) is 49.1 Å². The first-order valence-electron chi connectivity index (χ1n) is 8.90. The quantitative estimate of drug-likeness (QED) is 0.865. The van der Waals surface area contributed by atoms with Crippen LogP contribution in [-0.2, 0) is 9.59 Å². The third kappa shape index (κ3) is 4.21. The number of furan rings is 1. The molecule has 1 aromatic heterocycles. The van der Waals surface area contributed by atoms with Crippen LogP contribution in [0.4, 0.5) is 0 Å². The monoisotopic (exact) mass is 348 g/mol. The molecule has 2 heterocycles. The van der Waals surface area contributed by atoms with Gasteiger partial charge in [0.2, 0.25) is 5.91 Å². The number of likely N-dealkylation sites (tertiary alicyclic amines) is 1. The number of carbonyl (C=O) groups is 3. The molecule has 1 aromatic rings. The Hall–Kier alpha value is -2.31. The van der Waals surface area contributed by atoms with Crippen molar-refractivity contribution in [1.82, 2.24) is 10.2 Å². The van der Waals surface area contributed by atoms with Crippen molar-refractivity contribution < 1.29 is 23.9 Å². The second-order valence-corrected chi connectivity index (χ2v) is 6.95. The molecule has 0 radical (unpaired) electrons. The summed E-state index contributed by atoms with van der Waals surface area (Å²) in [7, 11) is 0. The van der Waals surface area contributed by atoms with Gasteiger partial charge in [-0.15, -0.1) is 0 Å². The van der Waals surface area contributed by atoms with E-state index in [1.54, 1.807) is 17.0 Å². The van der Waals surface area contributed by atoms with Gasteiger partial charge >= 0.3 is 5.97 Å². The zero-order chi connectivity index (χ0) is 17.8. The molecule has 2 atom stereocenters. The van der Waals surface area contributed by atoms with Gasteiger partial charge in [-0.25, -0.2) is 0 Å². The zero-order valence-electron chi connectivity index (χ0n) is 14.1. The van der Waals surface area contributed by atoms with Crippen molar-refractivity contribution in [1.29, 1.82) is 0 Å². The molecule has 1 aliphatic carbocycles. The number of aliphatic carboxylic acids is 1. The molecule has 0 aromatic carbocycles. The number of carboxylic acid groups (broad SMARTS) is 1. The van der Waals surface area contributed by atoms with Crippen LogP contribution >= 0.6 is 0 Å². The Labute approximate surface area is 146 Å². The van der Waals surface area contributed by atoms with E-state index < -0.39 is 11.9 Å². The lowest BCUT2D eigenvalue weighted by molar-refractivity contribution is -0.144. The lowest BCUT2D eigenvalue weighted by Crippen LogP contribution is -2.48. The zero-order valence-corrected chi connectivity index (χ0v) is 14.1. The highest BCUT2D eigenvalue weighted by molar-refractivity contribution is 5.91. The molecule has 7 heteroatoms. The lowest BCUT2D eigenvalue weighted by atomic mass is 9.81. The van der Waals surface area contributed by atoms with E-state index in [1.165, 1.54) is 6.26 Å². The summed E-state index contributed by atoms with van der Waals surface area (Å²) in [5.41, 5.74) is 0. The largest absolute Gasteiger partial charge is 0.481 e. The van der Waals surface area contributed by atoms with Gasteiger partial charge in [0.05, 0.1) is 12.2 Å². The van der Waals surface area contributed by atoms with Crippen molar-refractivity contribution >= 4 is 17.8 Å². The van der Waals surface area contributed by atoms with E-state index in [0.717, 1.165) is 12.8 Å². The Morgan fingerprint density at radius 1 is 1.12 bits per heavy atom. The average Bonchev–Trinajstić information content (AvgIpc) is 3.16. The van der Waals surface area contributed by atoms with Gasteiger partial charge in [0.1, 0.15) is 0 Å².